The Bertz CT molecular complexity index is 527. The molecule has 1 aromatic rings. The third-order valence-corrected chi connectivity index (χ3v) is 4.31. The molecule has 0 spiro atoms. The fraction of sp³-hybridized carbons (Fsp3) is 0.562. The molecule has 2 heterocycles. The van der Waals surface area contributed by atoms with Gasteiger partial charge in [0.05, 0.1) is 11.7 Å². The van der Waals surface area contributed by atoms with Crippen LogP contribution < -0.4 is 4.90 Å². The second-order valence-corrected chi connectivity index (χ2v) is 6.09. The first-order chi connectivity index (χ1) is 9.56. The van der Waals surface area contributed by atoms with Crippen LogP contribution in [-0.2, 0) is 11.3 Å². The summed E-state index contributed by atoms with van der Waals surface area (Å²) in [6.45, 7) is 8.92. The smallest absolute Gasteiger partial charge is 0.414 e. The van der Waals surface area contributed by atoms with E-state index >= 15 is 0 Å². The van der Waals surface area contributed by atoms with Crippen molar-refractivity contribution in [1.29, 1.82) is 0 Å². The van der Waals surface area contributed by atoms with Crippen LogP contribution in [0, 0.1) is 6.92 Å². The van der Waals surface area contributed by atoms with E-state index in [0.29, 0.717) is 12.6 Å². The van der Waals surface area contributed by atoms with Gasteiger partial charge in [0.1, 0.15) is 6.61 Å². The molecular formula is C16H22N2O2. The molecule has 2 aliphatic heterocycles. The number of anilines is 1. The Hall–Kier alpha value is -1.55. The first-order valence-corrected chi connectivity index (χ1v) is 7.36. The van der Waals surface area contributed by atoms with E-state index in [1.165, 1.54) is 11.1 Å². The predicted molar refractivity (Wildman–Crippen MR) is 79.0 cm³/mol. The van der Waals surface area contributed by atoms with Gasteiger partial charge in [-0.1, -0.05) is 12.1 Å². The van der Waals surface area contributed by atoms with Crippen LogP contribution in [0.15, 0.2) is 18.2 Å². The number of hydrogen-bond donors (Lipinski definition) is 0. The van der Waals surface area contributed by atoms with E-state index in [-0.39, 0.29) is 12.1 Å². The van der Waals surface area contributed by atoms with E-state index in [9.17, 15) is 4.79 Å². The van der Waals surface area contributed by atoms with Gasteiger partial charge >= 0.3 is 6.09 Å². The summed E-state index contributed by atoms with van der Waals surface area (Å²) >= 11 is 0. The molecule has 0 aromatic heterocycles. The molecule has 0 radical (unpaired) electrons. The summed E-state index contributed by atoms with van der Waals surface area (Å²) in [5.41, 5.74) is 3.43. The summed E-state index contributed by atoms with van der Waals surface area (Å²) in [7, 11) is 0. The Labute approximate surface area is 120 Å². The maximum absolute atomic E-state index is 12.1. The predicted octanol–water partition coefficient (Wildman–Crippen LogP) is 2.93. The van der Waals surface area contributed by atoms with Gasteiger partial charge in [-0.05, 0) is 44.4 Å². The molecular weight excluding hydrogens is 252 g/mol. The van der Waals surface area contributed by atoms with Gasteiger partial charge in [-0.15, -0.1) is 0 Å². The topological polar surface area (TPSA) is 32.8 Å². The van der Waals surface area contributed by atoms with Crippen molar-refractivity contribution in [2.75, 3.05) is 18.1 Å². The third-order valence-electron chi connectivity index (χ3n) is 4.31. The Balaban J connectivity index is 2.05. The minimum atomic E-state index is -0.195. The van der Waals surface area contributed by atoms with Crippen molar-refractivity contribution in [3.63, 3.8) is 0 Å². The molecule has 108 valence electrons. The SMILES string of the molecule is Cc1ccc2c(c1)N1C(=O)OCC1CCN(C(C)C)C2. The molecule has 0 bridgehead atoms. The molecule has 4 heteroatoms. The van der Waals surface area contributed by atoms with Crippen molar-refractivity contribution in [3.05, 3.63) is 29.3 Å². The first kappa shape index (κ1) is 13.4. The lowest BCUT2D eigenvalue weighted by atomic mass is 10.0. The van der Waals surface area contributed by atoms with Gasteiger partial charge in [-0.25, -0.2) is 4.79 Å². The number of nitrogens with zero attached hydrogens (tertiary/aromatic N) is 2. The van der Waals surface area contributed by atoms with E-state index in [0.717, 1.165) is 25.2 Å². The van der Waals surface area contributed by atoms with Crippen molar-refractivity contribution >= 4 is 11.8 Å². The highest BCUT2D eigenvalue weighted by atomic mass is 16.6. The summed E-state index contributed by atoms with van der Waals surface area (Å²) in [5.74, 6) is 0. The van der Waals surface area contributed by atoms with E-state index < -0.39 is 0 Å². The minimum Gasteiger partial charge on any atom is -0.447 e. The molecule has 2 aliphatic rings. The van der Waals surface area contributed by atoms with Gasteiger partial charge in [-0.3, -0.25) is 9.80 Å². The Morgan fingerprint density at radius 1 is 1.35 bits per heavy atom. The molecule has 4 nitrogen and oxygen atoms in total. The van der Waals surface area contributed by atoms with Crippen molar-refractivity contribution in [1.82, 2.24) is 4.90 Å². The number of ether oxygens (including phenoxy) is 1. The number of aryl methyl sites for hydroxylation is 1. The summed E-state index contributed by atoms with van der Waals surface area (Å²) < 4.78 is 5.27. The Kier molecular flexibility index (Phi) is 3.42. The van der Waals surface area contributed by atoms with E-state index in [1.54, 1.807) is 0 Å². The van der Waals surface area contributed by atoms with Crippen molar-refractivity contribution in [2.24, 2.45) is 0 Å². The van der Waals surface area contributed by atoms with Gasteiger partial charge in [0.15, 0.2) is 0 Å². The second kappa shape index (κ2) is 5.09. The number of cyclic esters (lactones) is 1. The van der Waals surface area contributed by atoms with Crippen LogP contribution in [0.3, 0.4) is 0 Å². The molecule has 1 unspecified atom stereocenters. The fourth-order valence-corrected chi connectivity index (χ4v) is 3.05. The quantitative estimate of drug-likeness (QED) is 0.789. The molecule has 0 saturated carbocycles. The lowest BCUT2D eigenvalue weighted by Gasteiger charge is -2.34. The summed E-state index contributed by atoms with van der Waals surface area (Å²) in [6, 6.07) is 7.06. The zero-order valence-corrected chi connectivity index (χ0v) is 12.4. The van der Waals surface area contributed by atoms with Gasteiger partial charge in [0.2, 0.25) is 0 Å². The van der Waals surface area contributed by atoms with Crippen LogP contribution in [0.2, 0.25) is 0 Å². The van der Waals surface area contributed by atoms with Gasteiger partial charge in [-0.2, -0.15) is 0 Å². The summed E-state index contributed by atoms with van der Waals surface area (Å²) in [5, 5.41) is 0. The normalized spacial score (nSPS) is 23.1. The number of benzene rings is 1. The van der Waals surface area contributed by atoms with E-state index in [2.05, 4.69) is 43.9 Å². The monoisotopic (exact) mass is 274 g/mol. The number of rotatable bonds is 1. The maximum atomic E-state index is 12.1. The van der Waals surface area contributed by atoms with Gasteiger partial charge < -0.3 is 4.74 Å². The van der Waals surface area contributed by atoms with Crippen LogP contribution in [0.5, 0.6) is 0 Å². The van der Waals surface area contributed by atoms with Crippen molar-refractivity contribution < 1.29 is 9.53 Å². The zero-order valence-electron chi connectivity index (χ0n) is 12.4. The Morgan fingerprint density at radius 2 is 2.15 bits per heavy atom. The number of hydrogen-bond acceptors (Lipinski definition) is 3. The highest BCUT2D eigenvalue weighted by molar-refractivity contribution is 5.91. The van der Waals surface area contributed by atoms with Crippen LogP contribution >= 0.6 is 0 Å². The summed E-state index contributed by atoms with van der Waals surface area (Å²) in [6.07, 6.45) is 0.775. The van der Waals surface area contributed by atoms with Crippen molar-refractivity contribution in [2.45, 2.75) is 45.8 Å². The highest BCUT2D eigenvalue weighted by Crippen LogP contribution is 2.32. The average molecular weight is 274 g/mol. The molecule has 1 saturated heterocycles. The number of carbonyl (C=O) groups is 1. The van der Waals surface area contributed by atoms with Crippen LogP contribution in [0.1, 0.15) is 31.4 Å². The van der Waals surface area contributed by atoms with E-state index in [4.69, 9.17) is 4.74 Å². The highest BCUT2D eigenvalue weighted by Gasteiger charge is 2.37. The summed E-state index contributed by atoms with van der Waals surface area (Å²) in [4.78, 5) is 16.4. The molecule has 0 aliphatic carbocycles. The molecule has 1 aromatic carbocycles. The molecule has 1 fully saturated rings. The van der Waals surface area contributed by atoms with Crippen LogP contribution in [0.4, 0.5) is 10.5 Å². The third kappa shape index (κ3) is 2.29. The van der Waals surface area contributed by atoms with Crippen LogP contribution in [0.25, 0.3) is 0 Å². The number of fused-ring (bicyclic) bond motifs is 3. The van der Waals surface area contributed by atoms with E-state index in [1.807, 2.05) is 4.90 Å². The molecule has 3 rings (SSSR count). The standard InChI is InChI=1S/C16H22N2O2/c1-11(2)17-7-6-14-10-20-16(19)18(14)15-8-12(3)4-5-13(15)9-17/h4-5,8,11,14H,6-7,9-10H2,1-3H3. The average Bonchev–Trinajstić information content (AvgIpc) is 2.73. The fourth-order valence-electron chi connectivity index (χ4n) is 3.05. The molecule has 20 heavy (non-hydrogen) atoms. The molecule has 0 N–H and O–H groups in total. The lowest BCUT2D eigenvalue weighted by molar-refractivity contribution is 0.175. The largest absolute Gasteiger partial charge is 0.447 e. The first-order valence-electron chi connectivity index (χ1n) is 7.36. The molecule has 1 atom stereocenters. The zero-order chi connectivity index (χ0) is 14.3. The maximum Gasteiger partial charge on any atom is 0.414 e. The second-order valence-electron chi connectivity index (χ2n) is 6.09. The van der Waals surface area contributed by atoms with Gasteiger partial charge in [0.25, 0.3) is 0 Å². The van der Waals surface area contributed by atoms with Crippen LogP contribution in [-0.4, -0.2) is 36.2 Å². The minimum absolute atomic E-state index is 0.171. The van der Waals surface area contributed by atoms with Gasteiger partial charge in [0, 0.05) is 19.1 Å². The number of amides is 1. The lowest BCUT2D eigenvalue weighted by Crippen LogP contribution is -2.42. The molecule has 1 amide bonds. The number of carbonyl (C=O) groups excluding carboxylic acids is 1. The van der Waals surface area contributed by atoms with Crippen molar-refractivity contribution in [3.8, 4) is 0 Å². The Morgan fingerprint density at radius 3 is 2.90 bits per heavy atom.